The third kappa shape index (κ3) is 11.3. The first-order valence-electron chi connectivity index (χ1n) is 8.69. The van der Waals surface area contributed by atoms with Gasteiger partial charge in [-0.3, -0.25) is 24.0 Å². The van der Waals surface area contributed by atoms with Gasteiger partial charge in [-0.2, -0.15) is 0 Å². The summed E-state index contributed by atoms with van der Waals surface area (Å²) in [6.07, 6.45) is -1.15. The van der Waals surface area contributed by atoms with Crippen LogP contribution in [-0.2, 0) is 28.8 Å². The van der Waals surface area contributed by atoms with E-state index in [1.807, 2.05) is 0 Å². The van der Waals surface area contributed by atoms with Crippen LogP contribution in [0.25, 0.3) is 0 Å². The minimum atomic E-state index is -1.57. The monoisotopic (exact) mass is 417 g/mol. The second-order valence-corrected chi connectivity index (χ2v) is 6.74. The number of aliphatic carboxylic acids is 2. The Morgan fingerprint density at radius 3 is 1.93 bits per heavy atom. The molecule has 0 aliphatic carbocycles. The molecule has 0 fully saturated rings. The van der Waals surface area contributed by atoms with Crippen LogP contribution in [0.15, 0.2) is 0 Å². The first-order valence-corrected chi connectivity index (χ1v) is 8.69. The maximum absolute atomic E-state index is 12.1. The van der Waals surface area contributed by atoms with E-state index in [0.29, 0.717) is 0 Å². The minimum Gasteiger partial charge on any atom is -0.481 e. The van der Waals surface area contributed by atoms with Gasteiger partial charge in [0.15, 0.2) is 0 Å². The molecule has 4 amide bonds. The van der Waals surface area contributed by atoms with E-state index in [1.54, 1.807) is 13.8 Å². The molecule has 0 saturated carbocycles. The first kappa shape index (κ1) is 25.8. The Morgan fingerprint density at radius 2 is 1.48 bits per heavy atom. The number of primary amides is 1. The van der Waals surface area contributed by atoms with E-state index >= 15 is 0 Å². The number of rotatable bonds is 13. The van der Waals surface area contributed by atoms with E-state index in [2.05, 4.69) is 16.0 Å². The number of nitrogens with two attached hydrogens (primary N) is 2. The van der Waals surface area contributed by atoms with Gasteiger partial charge in [0.25, 0.3) is 0 Å². The lowest BCUT2D eigenvalue weighted by atomic mass is 10.0. The molecule has 0 saturated heterocycles. The Balaban J connectivity index is 4.87. The molecule has 0 aliphatic rings. The Morgan fingerprint density at radius 1 is 0.897 bits per heavy atom. The molecule has 0 aliphatic heterocycles. The smallest absolute Gasteiger partial charge is 0.326 e. The summed E-state index contributed by atoms with van der Waals surface area (Å²) in [5.74, 6) is -6.31. The first-order chi connectivity index (χ1) is 13.3. The van der Waals surface area contributed by atoms with Gasteiger partial charge in [0.05, 0.1) is 25.4 Å². The molecule has 13 heteroatoms. The van der Waals surface area contributed by atoms with Crippen molar-refractivity contribution >= 4 is 35.6 Å². The van der Waals surface area contributed by atoms with Crippen molar-refractivity contribution in [2.24, 2.45) is 17.4 Å². The average Bonchev–Trinajstić information content (AvgIpc) is 2.56. The van der Waals surface area contributed by atoms with Gasteiger partial charge >= 0.3 is 11.9 Å². The summed E-state index contributed by atoms with van der Waals surface area (Å²) in [7, 11) is 0. The van der Waals surface area contributed by atoms with Gasteiger partial charge in [0.1, 0.15) is 12.1 Å². The fourth-order valence-corrected chi connectivity index (χ4v) is 2.20. The molecule has 164 valence electrons. The number of carbonyl (C=O) groups is 6. The van der Waals surface area contributed by atoms with Crippen molar-refractivity contribution in [1.82, 2.24) is 16.0 Å². The average molecular weight is 417 g/mol. The van der Waals surface area contributed by atoms with Crippen LogP contribution in [0.3, 0.4) is 0 Å². The molecule has 3 unspecified atom stereocenters. The van der Waals surface area contributed by atoms with Crippen molar-refractivity contribution in [2.45, 2.75) is 51.2 Å². The number of hydrogen-bond acceptors (Lipinski definition) is 7. The van der Waals surface area contributed by atoms with Crippen molar-refractivity contribution in [2.75, 3.05) is 6.54 Å². The Labute approximate surface area is 166 Å². The van der Waals surface area contributed by atoms with Crippen LogP contribution in [0.2, 0.25) is 0 Å². The predicted molar refractivity (Wildman–Crippen MR) is 98.0 cm³/mol. The third-order valence-corrected chi connectivity index (χ3v) is 3.53. The zero-order valence-corrected chi connectivity index (χ0v) is 16.1. The highest BCUT2D eigenvalue weighted by molar-refractivity contribution is 5.95. The fourth-order valence-electron chi connectivity index (χ4n) is 2.20. The number of carbonyl (C=O) groups excluding carboxylic acids is 4. The Kier molecular flexibility index (Phi) is 10.9. The molecule has 9 N–H and O–H groups in total. The number of amides is 4. The zero-order chi connectivity index (χ0) is 22.7. The second kappa shape index (κ2) is 12.3. The van der Waals surface area contributed by atoms with E-state index < -0.39 is 73.1 Å². The summed E-state index contributed by atoms with van der Waals surface area (Å²) >= 11 is 0. The molecule has 0 heterocycles. The standard InChI is InChI=1S/C16H27N5O8/c1-7(2)3-10(16(28)29)20-12(23)6-19-15(27)9(5-13(24)25)21-14(26)8(17)4-11(18)22/h7-10H,3-6,17H2,1-2H3,(H2,18,22)(H,19,27)(H,20,23)(H,21,26)(H,24,25)(H,28,29). The highest BCUT2D eigenvalue weighted by atomic mass is 16.4. The fraction of sp³-hybridized carbons (Fsp3) is 0.625. The molecule has 3 atom stereocenters. The molecule has 0 bridgehead atoms. The minimum absolute atomic E-state index is 0.00855. The molecule has 0 aromatic carbocycles. The van der Waals surface area contributed by atoms with E-state index in [9.17, 15) is 28.8 Å². The molecule has 13 nitrogen and oxygen atoms in total. The second-order valence-electron chi connectivity index (χ2n) is 6.74. The largest absolute Gasteiger partial charge is 0.481 e. The van der Waals surface area contributed by atoms with E-state index in [4.69, 9.17) is 21.7 Å². The van der Waals surface area contributed by atoms with Crippen LogP contribution >= 0.6 is 0 Å². The summed E-state index contributed by atoms with van der Waals surface area (Å²) in [5, 5.41) is 24.4. The van der Waals surface area contributed by atoms with Crippen LogP contribution in [0.1, 0.15) is 33.1 Å². The van der Waals surface area contributed by atoms with Gasteiger partial charge in [0, 0.05) is 0 Å². The molecule has 0 spiro atoms. The number of hydrogen-bond donors (Lipinski definition) is 7. The lowest BCUT2D eigenvalue weighted by Crippen LogP contribution is -2.54. The number of nitrogens with one attached hydrogen (secondary N) is 3. The van der Waals surface area contributed by atoms with Crippen molar-refractivity contribution in [3.63, 3.8) is 0 Å². The van der Waals surface area contributed by atoms with Gasteiger partial charge in [-0.25, -0.2) is 4.79 Å². The molecule has 29 heavy (non-hydrogen) atoms. The summed E-state index contributed by atoms with van der Waals surface area (Å²) in [6.45, 7) is 2.90. The van der Waals surface area contributed by atoms with Crippen molar-refractivity contribution in [3.05, 3.63) is 0 Å². The quantitative estimate of drug-likeness (QED) is 0.160. The molecular weight excluding hydrogens is 390 g/mol. The van der Waals surface area contributed by atoms with Crippen LogP contribution in [0, 0.1) is 5.92 Å². The third-order valence-electron chi connectivity index (χ3n) is 3.53. The summed E-state index contributed by atoms with van der Waals surface area (Å²) in [5.41, 5.74) is 10.3. The molecular formula is C16H27N5O8. The molecule has 0 rings (SSSR count). The van der Waals surface area contributed by atoms with E-state index in [-0.39, 0.29) is 12.3 Å². The predicted octanol–water partition coefficient (Wildman–Crippen LogP) is -3.12. The molecule has 0 aromatic heterocycles. The van der Waals surface area contributed by atoms with Crippen LogP contribution < -0.4 is 27.4 Å². The maximum Gasteiger partial charge on any atom is 0.326 e. The topological polar surface area (TPSA) is 231 Å². The van der Waals surface area contributed by atoms with Crippen molar-refractivity contribution < 1.29 is 39.0 Å². The Bertz CT molecular complexity index is 651. The zero-order valence-electron chi connectivity index (χ0n) is 16.1. The van der Waals surface area contributed by atoms with Gasteiger partial charge in [-0.1, -0.05) is 13.8 Å². The lowest BCUT2D eigenvalue weighted by molar-refractivity contribution is -0.143. The van der Waals surface area contributed by atoms with Gasteiger partial charge in [-0.15, -0.1) is 0 Å². The normalized spacial score (nSPS) is 13.7. The summed E-state index contributed by atoms with van der Waals surface area (Å²) in [4.78, 5) is 68.8. The van der Waals surface area contributed by atoms with Crippen LogP contribution in [0.4, 0.5) is 0 Å². The highest BCUT2D eigenvalue weighted by Gasteiger charge is 2.27. The van der Waals surface area contributed by atoms with E-state index in [0.717, 1.165) is 0 Å². The van der Waals surface area contributed by atoms with Gasteiger partial charge in [-0.05, 0) is 12.3 Å². The lowest BCUT2D eigenvalue weighted by Gasteiger charge is -2.20. The van der Waals surface area contributed by atoms with Gasteiger partial charge < -0.3 is 37.6 Å². The van der Waals surface area contributed by atoms with Crippen molar-refractivity contribution in [3.8, 4) is 0 Å². The molecule has 0 aromatic rings. The van der Waals surface area contributed by atoms with Crippen LogP contribution in [0.5, 0.6) is 0 Å². The SMILES string of the molecule is CC(C)CC(NC(=O)CNC(=O)C(CC(=O)O)NC(=O)C(N)CC(N)=O)C(=O)O. The number of carboxylic acids is 2. The highest BCUT2D eigenvalue weighted by Crippen LogP contribution is 2.04. The Hall–Kier alpha value is -3.22. The summed E-state index contributed by atoms with van der Waals surface area (Å²) < 4.78 is 0. The van der Waals surface area contributed by atoms with E-state index in [1.165, 1.54) is 0 Å². The van der Waals surface area contributed by atoms with Crippen LogP contribution in [-0.4, -0.2) is 70.5 Å². The summed E-state index contributed by atoms with van der Waals surface area (Å²) in [6, 6.07) is -4.11. The van der Waals surface area contributed by atoms with Gasteiger partial charge in [0.2, 0.25) is 23.6 Å². The maximum atomic E-state index is 12.1. The number of carboxylic acid groups (broad SMARTS) is 2. The van der Waals surface area contributed by atoms with Crippen molar-refractivity contribution in [1.29, 1.82) is 0 Å². The molecule has 0 radical (unpaired) electrons.